The Morgan fingerprint density at radius 1 is 1.29 bits per heavy atom. The molecule has 5 heteroatoms. The molecule has 0 aliphatic heterocycles. The largest absolute Gasteiger partial charge is 0.508 e. The minimum atomic E-state index is -0.110. The van der Waals surface area contributed by atoms with Crippen LogP contribution in [0.5, 0.6) is 5.75 Å². The Morgan fingerprint density at radius 2 is 2.14 bits per heavy atom. The summed E-state index contributed by atoms with van der Waals surface area (Å²) in [7, 11) is 0. The van der Waals surface area contributed by atoms with E-state index >= 15 is 0 Å². The van der Waals surface area contributed by atoms with Gasteiger partial charge in [-0.3, -0.25) is 4.79 Å². The quantitative estimate of drug-likeness (QED) is 0.828. The Kier molecular flexibility index (Phi) is 3.92. The zero-order valence-corrected chi connectivity index (χ0v) is 12.0. The second kappa shape index (κ2) is 5.85. The molecule has 1 fully saturated rings. The Morgan fingerprint density at radius 3 is 3.00 bits per heavy atom. The number of aromatic nitrogens is 2. The summed E-state index contributed by atoms with van der Waals surface area (Å²) in [6, 6.07) is 5.25. The van der Waals surface area contributed by atoms with Gasteiger partial charge >= 0.3 is 0 Å². The average Bonchev–Trinajstić information content (AvgIpc) is 2.67. The van der Waals surface area contributed by atoms with Crippen molar-refractivity contribution in [1.82, 2.24) is 9.55 Å². The second-order valence-electron chi connectivity index (χ2n) is 6.01. The molecule has 3 N–H and O–H groups in total. The summed E-state index contributed by atoms with van der Waals surface area (Å²) >= 11 is 0. The highest BCUT2D eigenvalue weighted by Crippen LogP contribution is 2.25. The van der Waals surface area contributed by atoms with Gasteiger partial charge in [0.25, 0.3) is 5.56 Å². The minimum Gasteiger partial charge on any atom is -0.508 e. The van der Waals surface area contributed by atoms with Crippen LogP contribution in [0.2, 0.25) is 0 Å². The molecule has 2 unspecified atom stereocenters. The fraction of sp³-hybridized carbons (Fsp3) is 0.500. The molecule has 0 saturated heterocycles. The molecular formula is C16H21N3O2. The summed E-state index contributed by atoms with van der Waals surface area (Å²) < 4.78 is 1.74. The van der Waals surface area contributed by atoms with Crippen molar-refractivity contribution in [3.63, 3.8) is 0 Å². The highest BCUT2D eigenvalue weighted by atomic mass is 16.3. The summed E-state index contributed by atoms with van der Waals surface area (Å²) in [6.07, 6.45) is 6.73. The van der Waals surface area contributed by atoms with Gasteiger partial charge in [-0.15, -0.1) is 0 Å². The van der Waals surface area contributed by atoms with E-state index < -0.39 is 0 Å². The lowest BCUT2D eigenvalue weighted by molar-refractivity contribution is 0.393. The first-order chi connectivity index (χ1) is 10.1. The topological polar surface area (TPSA) is 81.1 Å². The first-order valence-corrected chi connectivity index (χ1v) is 7.57. The summed E-state index contributed by atoms with van der Waals surface area (Å²) in [5, 5.41) is 9.67. The third kappa shape index (κ3) is 3.08. The molecule has 1 aliphatic rings. The van der Waals surface area contributed by atoms with Crippen molar-refractivity contribution in [2.45, 2.75) is 44.7 Å². The SMILES string of the molecule is NC1CCCC(Cn2c(=O)cnc3ccc(O)cc32)CC1. The highest BCUT2D eigenvalue weighted by Gasteiger charge is 2.18. The van der Waals surface area contributed by atoms with Gasteiger partial charge in [-0.25, -0.2) is 4.98 Å². The van der Waals surface area contributed by atoms with Crippen molar-refractivity contribution in [2.75, 3.05) is 0 Å². The molecule has 0 bridgehead atoms. The van der Waals surface area contributed by atoms with Crippen LogP contribution in [0.15, 0.2) is 29.2 Å². The van der Waals surface area contributed by atoms with E-state index in [4.69, 9.17) is 5.73 Å². The minimum absolute atomic E-state index is 0.110. The number of hydrogen-bond acceptors (Lipinski definition) is 4. The fourth-order valence-electron chi connectivity index (χ4n) is 3.19. The molecule has 3 rings (SSSR count). The third-order valence-corrected chi connectivity index (χ3v) is 4.40. The molecule has 5 nitrogen and oxygen atoms in total. The molecular weight excluding hydrogens is 266 g/mol. The Balaban J connectivity index is 1.94. The summed E-state index contributed by atoms with van der Waals surface area (Å²) in [5.41, 5.74) is 7.35. The van der Waals surface area contributed by atoms with Crippen LogP contribution in [-0.4, -0.2) is 20.7 Å². The maximum Gasteiger partial charge on any atom is 0.269 e. The lowest BCUT2D eigenvalue weighted by Gasteiger charge is -2.17. The maximum absolute atomic E-state index is 12.2. The number of nitrogens with zero attached hydrogens (tertiary/aromatic N) is 2. The van der Waals surface area contributed by atoms with Gasteiger partial charge in [-0.05, 0) is 43.7 Å². The van der Waals surface area contributed by atoms with Crippen molar-refractivity contribution < 1.29 is 5.11 Å². The van der Waals surface area contributed by atoms with Crippen LogP contribution in [0.1, 0.15) is 32.1 Å². The first kappa shape index (κ1) is 14.1. The molecule has 2 atom stereocenters. The van der Waals surface area contributed by atoms with Crippen molar-refractivity contribution in [3.05, 3.63) is 34.7 Å². The van der Waals surface area contributed by atoms with Crippen molar-refractivity contribution in [2.24, 2.45) is 11.7 Å². The molecule has 1 aliphatic carbocycles. The summed E-state index contributed by atoms with van der Waals surface area (Å²) in [6.45, 7) is 0.675. The standard InChI is InChI=1S/C16H21N3O2/c17-12-3-1-2-11(4-5-12)10-19-15-8-13(20)6-7-14(15)18-9-16(19)21/h6-9,11-12,20H,1-5,10,17H2. The lowest BCUT2D eigenvalue weighted by atomic mass is 10.00. The van der Waals surface area contributed by atoms with E-state index in [9.17, 15) is 9.90 Å². The van der Waals surface area contributed by atoms with Gasteiger partial charge in [0, 0.05) is 18.7 Å². The molecule has 1 heterocycles. The predicted octanol–water partition coefficient (Wildman–Crippen LogP) is 2.01. The number of nitrogens with two attached hydrogens (primary N) is 1. The number of aromatic hydroxyl groups is 1. The van der Waals surface area contributed by atoms with Gasteiger partial charge in [-0.1, -0.05) is 6.42 Å². The van der Waals surface area contributed by atoms with Gasteiger partial charge in [0.05, 0.1) is 17.2 Å². The number of phenols is 1. The smallest absolute Gasteiger partial charge is 0.269 e. The average molecular weight is 287 g/mol. The zero-order chi connectivity index (χ0) is 14.8. The van der Waals surface area contributed by atoms with Crippen LogP contribution in [0.25, 0.3) is 11.0 Å². The Bertz CT molecular complexity index is 695. The van der Waals surface area contributed by atoms with E-state index in [2.05, 4.69) is 4.98 Å². The molecule has 21 heavy (non-hydrogen) atoms. The fourth-order valence-corrected chi connectivity index (χ4v) is 3.19. The van der Waals surface area contributed by atoms with Crippen LogP contribution in [0, 0.1) is 5.92 Å². The van der Waals surface area contributed by atoms with E-state index in [-0.39, 0.29) is 11.3 Å². The number of hydrogen-bond donors (Lipinski definition) is 2. The lowest BCUT2D eigenvalue weighted by Crippen LogP contribution is -2.24. The number of rotatable bonds is 2. The zero-order valence-electron chi connectivity index (χ0n) is 12.0. The van der Waals surface area contributed by atoms with Crippen molar-refractivity contribution >= 4 is 11.0 Å². The maximum atomic E-state index is 12.2. The van der Waals surface area contributed by atoms with Crippen LogP contribution in [0.3, 0.4) is 0 Å². The Labute approximate surface area is 123 Å². The number of benzene rings is 1. The predicted molar refractivity (Wildman–Crippen MR) is 82.2 cm³/mol. The second-order valence-corrected chi connectivity index (χ2v) is 6.01. The molecule has 1 saturated carbocycles. The molecule has 112 valence electrons. The summed E-state index contributed by atoms with van der Waals surface area (Å²) in [4.78, 5) is 16.3. The number of fused-ring (bicyclic) bond motifs is 1. The van der Waals surface area contributed by atoms with Crippen LogP contribution in [-0.2, 0) is 6.54 Å². The van der Waals surface area contributed by atoms with Crippen molar-refractivity contribution in [3.8, 4) is 5.75 Å². The third-order valence-electron chi connectivity index (χ3n) is 4.40. The van der Waals surface area contributed by atoms with Crippen LogP contribution < -0.4 is 11.3 Å². The van der Waals surface area contributed by atoms with Crippen LogP contribution in [0.4, 0.5) is 0 Å². The van der Waals surface area contributed by atoms with E-state index in [1.165, 1.54) is 6.20 Å². The molecule has 1 aromatic carbocycles. The van der Waals surface area contributed by atoms with E-state index in [1.54, 1.807) is 22.8 Å². The van der Waals surface area contributed by atoms with Crippen LogP contribution >= 0.6 is 0 Å². The van der Waals surface area contributed by atoms with E-state index in [0.29, 0.717) is 24.0 Å². The van der Waals surface area contributed by atoms with Gasteiger partial charge in [0.1, 0.15) is 5.75 Å². The van der Waals surface area contributed by atoms with Gasteiger partial charge in [0.15, 0.2) is 0 Å². The van der Waals surface area contributed by atoms with Gasteiger partial charge in [-0.2, -0.15) is 0 Å². The molecule has 1 aromatic heterocycles. The van der Waals surface area contributed by atoms with Crippen molar-refractivity contribution in [1.29, 1.82) is 0 Å². The van der Waals surface area contributed by atoms with E-state index in [1.807, 2.05) is 0 Å². The normalized spacial score (nSPS) is 23.1. The van der Waals surface area contributed by atoms with Gasteiger partial charge < -0.3 is 15.4 Å². The summed E-state index contributed by atoms with van der Waals surface area (Å²) in [5.74, 6) is 0.621. The monoisotopic (exact) mass is 287 g/mol. The van der Waals surface area contributed by atoms with E-state index in [0.717, 1.165) is 37.6 Å². The number of phenolic OH excluding ortho intramolecular Hbond substituents is 1. The Hall–Kier alpha value is -1.88. The molecule has 0 radical (unpaired) electrons. The highest BCUT2D eigenvalue weighted by molar-refractivity contribution is 5.76. The molecule has 0 spiro atoms. The molecule has 2 aromatic rings. The molecule has 0 amide bonds. The van der Waals surface area contributed by atoms with Gasteiger partial charge in [0.2, 0.25) is 0 Å². The first-order valence-electron chi connectivity index (χ1n) is 7.57.